The lowest BCUT2D eigenvalue weighted by Gasteiger charge is -2.22. The van der Waals surface area contributed by atoms with Crippen LogP contribution in [0.3, 0.4) is 0 Å². The van der Waals surface area contributed by atoms with E-state index in [0.717, 1.165) is 10.2 Å². The Kier molecular flexibility index (Phi) is 2.69. The van der Waals surface area contributed by atoms with Crippen molar-refractivity contribution in [3.63, 3.8) is 0 Å². The van der Waals surface area contributed by atoms with Crippen LogP contribution in [0.4, 0.5) is 0 Å². The van der Waals surface area contributed by atoms with Gasteiger partial charge in [-0.05, 0) is 15.9 Å². The van der Waals surface area contributed by atoms with Crippen molar-refractivity contribution in [3.8, 4) is 0 Å². The number of carbonyl (C=O) groups is 1. The summed E-state index contributed by atoms with van der Waals surface area (Å²) in [6.07, 6.45) is 2.57. The second-order valence-electron chi connectivity index (χ2n) is 3.35. The van der Waals surface area contributed by atoms with Gasteiger partial charge >= 0.3 is 0 Å². The number of rotatable bonds is 1. The Morgan fingerprint density at radius 1 is 1.71 bits per heavy atom. The molecule has 0 aromatic carbocycles. The molecule has 1 aliphatic rings. The molecule has 2 rings (SSSR count). The van der Waals surface area contributed by atoms with Crippen LogP contribution in [0.2, 0.25) is 0 Å². The van der Waals surface area contributed by atoms with Crippen molar-refractivity contribution < 1.29 is 9.53 Å². The van der Waals surface area contributed by atoms with Gasteiger partial charge in [-0.1, -0.05) is 0 Å². The first-order valence-corrected chi connectivity index (χ1v) is 5.28. The highest BCUT2D eigenvalue weighted by Crippen LogP contribution is 2.30. The van der Waals surface area contributed by atoms with E-state index >= 15 is 0 Å². The van der Waals surface area contributed by atoms with Gasteiger partial charge in [-0.15, -0.1) is 0 Å². The Morgan fingerprint density at radius 3 is 3.07 bits per heavy atom. The molecule has 1 fully saturated rings. The molecular formula is C9H11BrN2O2. The molecule has 0 aliphatic carbocycles. The van der Waals surface area contributed by atoms with E-state index in [4.69, 9.17) is 4.74 Å². The molecule has 1 aliphatic heterocycles. The molecular weight excluding hydrogens is 248 g/mol. The minimum absolute atomic E-state index is 0.141. The molecule has 1 saturated heterocycles. The van der Waals surface area contributed by atoms with Gasteiger partial charge in [-0.25, -0.2) is 0 Å². The number of aromatic nitrogens is 2. The van der Waals surface area contributed by atoms with Crippen LogP contribution in [-0.2, 0) is 16.6 Å². The molecule has 76 valence electrons. The first-order chi connectivity index (χ1) is 6.68. The van der Waals surface area contributed by atoms with Gasteiger partial charge in [0.05, 0.1) is 23.0 Å². The summed E-state index contributed by atoms with van der Waals surface area (Å²) in [4.78, 5) is 11.3. The van der Waals surface area contributed by atoms with Crippen molar-refractivity contribution in [2.24, 2.45) is 7.05 Å². The Labute approximate surface area is 90.4 Å². The highest BCUT2D eigenvalue weighted by atomic mass is 79.9. The van der Waals surface area contributed by atoms with Crippen LogP contribution < -0.4 is 0 Å². The first kappa shape index (κ1) is 9.86. The Balaban J connectivity index is 2.25. The van der Waals surface area contributed by atoms with Crippen LogP contribution in [0.1, 0.15) is 24.6 Å². The van der Waals surface area contributed by atoms with E-state index < -0.39 is 0 Å². The van der Waals surface area contributed by atoms with Gasteiger partial charge in [0.2, 0.25) is 0 Å². The largest absolute Gasteiger partial charge is 0.371 e. The van der Waals surface area contributed by atoms with Crippen LogP contribution in [0.5, 0.6) is 0 Å². The third-order valence-electron chi connectivity index (χ3n) is 2.36. The van der Waals surface area contributed by atoms with Gasteiger partial charge in [0, 0.05) is 19.9 Å². The fourth-order valence-electron chi connectivity index (χ4n) is 1.64. The lowest BCUT2D eigenvalue weighted by molar-refractivity contribution is -0.129. The molecule has 0 N–H and O–H groups in total. The minimum Gasteiger partial charge on any atom is -0.371 e. The number of carbonyl (C=O) groups excluding carboxylic acids is 1. The number of halogens is 1. The van der Waals surface area contributed by atoms with Crippen LogP contribution >= 0.6 is 15.9 Å². The van der Waals surface area contributed by atoms with Crippen LogP contribution in [0.25, 0.3) is 0 Å². The van der Waals surface area contributed by atoms with Crippen molar-refractivity contribution in [1.29, 1.82) is 0 Å². The fourth-order valence-corrected chi connectivity index (χ4v) is 2.24. The summed E-state index contributed by atoms with van der Waals surface area (Å²) in [7, 11) is 1.85. The first-order valence-electron chi connectivity index (χ1n) is 4.49. The zero-order valence-corrected chi connectivity index (χ0v) is 9.45. The summed E-state index contributed by atoms with van der Waals surface area (Å²) in [5, 5.41) is 4.09. The molecule has 0 bridgehead atoms. The van der Waals surface area contributed by atoms with Gasteiger partial charge in [0.25, 0.3) is 0 Å². The van der Waals surface area contributed by atoms with Crippen molar-refractivity contribution in [2.75, 3.05) is 6.61 Å². The summed E-state index contributed by atoms with van der Waals surface area (Å²) >= 11 is 3.40. The van der Waals surface area contributed by atoms with Crippen molar-refractivity contribution in [1.82, 2.24) is 9.78 Å². The Hall–Kier alpha value is -0.680. The van der Waals surface area contributed by atoms with Gasteiger partial charge in [0.1, 0.15) is 11.9 Å². The number of nitrogens with zero attached hydrogens (tertiary/aromatic N) is 2. The molecule has 1 atom stereocenters. The van der Waals surface area contributed by atoms with Crippen LogP contribution in [0, 0.1) is 0 Å². The summed E-state index contributed by atoms with van der Waals surface area (Å²) in [6, 6.07) is 0. The predicted molar refractivity (Wildman–Crippen MR) is 53.8 cm³/mol. The third-order valence-corrected chi connectivity index (χ3v) is 2.97. The maximum Gasteiger partial charge on any atom is 0.138 e. The van der Waals surface area contributed by atoms with Gasteiger partial charge in [0.15, 0.2) is 0 Å². The number of hydrogen-bond donors (Lipinski definition) is 0. The van der Waals surface area contributed by atoms with Gasteiger partial charge in [-0.2, -0.15) is 5.10 Å². The van der Waals surface area contributed by atoms with Gasteiger partial charge < -0.3 is 4.74 Å². The molecule has 0 spiro atoms. The highest BCUT2D eigenvalue weighted by Gasteiger charge is 2.25. The smallest absolute Gasteiger partial charge is 0.138 e. The average molecular weight is 259 g/mol. The van der Waals surface area contributed by atoms with E-state index in [1.165, 1.54) is 0 Å². The number of aryl methyl sites for hydroxylation is 1. The highest BCUT2D eigenvalue weighted by molar-refractivity contribution is 9.10. The Morgan fingerprint density at radius 2 is 2.50 bits per heavy atom. The lowest BCUT2D eigenvalue weighted by atomic mass is 10.1. The molecule has 0 radical (unpaired) electrons. The van der Waals surface area contributed by atoms with E-state index in [1.807, 2.05) is 7.05 Å². The number of ketones is 1. The maximum atomic E-state index is 11.3. The third kappa shape index (κ3) is 1.74. The molecule has 14 heavy (non-hydrogen) atoms. The van der Waals surface area contributed by atoms with E-state index in [-0.39, 0.29) is 11.9 Å². The topological polar surface area (TPSA) is 44.1 Å². The standard InChI is InChI=1S/C9H11BrN2O2/c1-12-9(7(10)5-11-12)8-4-6(13)2-3-14-8/h5,8H,2-4H2,1H3. The number of ether oxygens (including phenoxy) is 1. The summed E-state index contributed by atoms with van der Waals surface area (Å²) in [6.45, 7) is 0.515. The number of hydrogen-bond acceptors (Lipinski definition) is 3. The normalized spacial score (nSPS) is 22.7. The second-order valence-corrected chi connectivity index (χ2v) is 4.21. The lowest BCUT2D eigenvalue weighted by Crippen LogP contribution is -2.21. The summed E-state index contributed by atoms with van der Waals surface area (Å²) in [5.74, 6) is 0.259. The minimum atomic E-state index is -0.141. The molecule has 0 saturated carbocycles. The average Bonchev–Trinajstić information content (AvgIpc) is 2.46. The molecule has 2 heterocycles. The van der Waals surface area contributed by atoms with Crippen LogP contribution in [-0.4, -0.2) is 22.2 Å². The summed E-state index contributed by atoms with van der Waals surface area (Å²) < 4.78 is 8.19. The summed E-state index contributed by atoms with van der Waals surface area (Å²) in [5.41, 5.74) is 0.943. The van der Waals surface area contributed by atoms with Crippen molar-refractivity contribution in [3.05, 3.63) is 16.4 Å². The van der Waals surface area contributed by atoms with E-state index in [2.05, 4.69) is 21.0 Å². The maximum absolute atomic E-state index is 11.3. The predicted octanol–water partition coefficient (Wildman–Crippen LogP) is 1.60. The van der Waals surface area contributed by atoms with Crippen molar-refractivity contribution >= 4 is 21.7 Å². The zero-order valence-electron chi connectivity index (χ0n) is 7.86. The van der Waals surface area contributed by atoms with E-state index in [9.17, 15) is 4.79 Å². The zero-order chi connectivity index (χ0) is 10.1. The Bertz CT molecular complexity index is 342. The SMILES string of the molecule is Cn1ncc(Br)c1C1CC(=O)CCO1. The van der Waals surface area contributed by atoms with Crippen molar-refractivity contribution in [2.45, 2.75) is 18.9 Å². The van der Waals surface area contributed by atoms with Gasteiger partial charge in [-0.3, -0.25) is 9.48 Å². The monoisotopic (exact) mass is 258 g/mol. The quantitative estimate of drug-likeness (QED) is 0.769. The van der Waals surface area contributed by atoms with E-state index in [1.54, 1.807) is 10.9 Å². The molecule has 1 aromatic rings. The van der Waals surface area contributed by atoms with Crippen LogP contribution in [0.15, 0.2) is 10.7 Å². The fraction of sp³-hybridized carbons (Fsp3) is 0.556. The molecule has 1 unspecified atom stereocenters. The molecule has 1 aromatic heterocycles. The molecule has 4 nitrogen and oxygen atoms in total. The number of Topliss-reactive ketones (excluding diaryl/α,β-unsaturated/α-hetero) is 1. The molecule has 5 heteroatoms. The second kappa shape index (κ2) is 3.82. The molecule has 0 amide bonds. The van der Waals surface area contributed by atoms with E-state index in [0.29, 0.717) is 19.4 Å².